The number of carbonyl (C=O) groups excluding carboxylic acids is 2. The molecule has 11 heteroatoms. The Morgan fingerprint density at radius 2 is 2.03 bits per heavy atom. The highest BCUT2D eigenvalue weighted by Gasteiger charge is 2.39. The Hall–Kier alpha value is -3.27. The number of alkyl carbamates (subject to hydrolysis) is 1. The van der Waals surface area contributed by atoms with Crippen molar-refractivity contribution in [3.05, 3.63) is 64.6 Å². The van der Waals surface area contributed by atoms with Gasteiger partial charge in [0.1, 0.15) is 6.61 Å². The minimum absolute atomic E-state index is 0.00948. The van der Waals surface area contributed by atoms with Crippen molar-refractivity contribution < 1.29 is 23.1 Å². The molecule has 0 radical (unpaired) electrons. The molecule has 3 atom stereocenters. The Kier molecular flexibility index (Phi) is 8.02. The summed E-state index contributed by atoms with van der Waals surface area (Å²) in [5.74, 6) is -2.82. The fourth-order valence-corrected chi connectivity index (χ4v) is 5.68. The summed E-state index contributed by atoms with van der Waals surface area (Å²) >= 11 is 6.54. The lowest BCUT2D eigenvalue weighted by molar-refractivity contribution is -0.127. The summed E-state index contributed by atoms with van der Waals surface area (Å²) in [7, 11) is 0. The fraction of sp³-hybridized carbons (Fsp3) is 0.500. The molecular formula is C28H32ClF2N5O3. The van der Waals surface area contributed by atoms with Crippen LogP contribution in [0.4, 0.5) is 13.6 Å². The number of hydrogen-bond donors (Lipinski definition) is 2. The van der Waals surface area contributed by atoms with Gasteiger partial charge in [-0.3, -0.25) is 4.79 Å². The normalized spacial score (nSPS) is 22.3. The number of piperidine rings is 1. The molecule has 39 heavy (non-hydrogen) atoms. The van der Waals surface area contributed by atoms with Gasteiger partial charge in [-0.1, -0.05) is 48.9 Å². The second-order valence-corrected chi connectivity index (χ2v) is 11.2. The van der Waals surface area contributed by atoms with Crippen LogP contribution in [-0.2, 0) is 22.6 Å². The number of fused-ring (bicyclic) bond motifs is 1. The number of hydrogen-bond acceptors (Lipinski definition) is 5. The summed E-state index contributed by atoms with van der Waals surface area (Å²) in [4.78, 5) is 29.8. The number of amides is 2. The predicted molar refractivity (Wildman–Crippen MR) is 141 cm³/mol. The molecule has 3 aromatic rings. The Bertz CT molecular complexity index is 1330. The second-order valence-electron chi connectivity index (χ2n) is 10.8. The Labute approximate surface area is 230 Å². The van der Waals surface area contributed by atoms with E-state index in [0.29, 0.717) is 40.9 Å². The molecule has 1 saturated carbocycles. The number of nitrogens with one attached hydrogen (secondary N) is 2. The van der Waals surface area contributed by atoms with Crippen LogP contribution in [0.15, 0.2) is 42.6 Å². The number of alkyl halides is 2. The number of carbonyl (C=O) groups is 2. The molecule has 1 aromatic carbocycles. The maximum Gasteiger partial charge on any atom is 0.408 e. The summed E-state index contributed by atoms with van der Waals surface area (Å²) in [6.45, 7) is 2.84. The van der Waals surface area contributed by atoms with Crippen LogP contribution in [0.3, 0.4) is 0 Å². The van der Waals surface area contributed by atoms with E-state index in [1.54, 1.807) is 16.8 Å². The first kappa shape index (κ1) is 27.3. The van der Waals surface area contributed by atoms with Crippen molar-refractivity contribution in [2.24, 2.45) is 17.8 Å². The van der Waals surface area contributed by atoms with Gasteiger partial charge in [-0.05, 0) is 36.7 Å². The van der Waals surface area contributed by atoms with Crippen molar-refractivity contribution in [1.82, 2.24) is 25.2 Å². The summed E-state index contributed by atoms with van der Waals surface area (Å²) in [5.41, 5.74) is 2.37. The van der Waals surface area contributed by atoms with E-state index in [0.717, 1.165) is 12.0 Å². The quantitative estimate of drug-likeness (QED) is 0.399. The van der Waals surface area contributed by atoms with Gasteiger partial charge in [0.05, 0.1) is 28.6 Å². The van der Waals surface area contributed by atoms with Crippen LogP contribution in [0.25, 0.3) is 5.65 Å². The standard InChI is InChI=1S/C28H32ClF2N5O3/c1-17-11-20(26(37)32-14-17)12-22-21(29)13-24-33-23(15-36(24)35-22)25(19-7-9-28(30,31)10-8-19)34-27(38)39-16-18-5-3-2-4-6-18/h2-6,13,15,17,19-20,25H,7-12,14,16H2,1H3,(H,32,37)(H,34,38)/t17-,20?,25-/m0/s1. The minimum Gasteiger partial charge on any atom is -0.445 e. The molecule has 3 heterocycles. The van der Waals surface area contributed by atoms with Crippen molar-refractivity contribution in [1.29, 1.82) is 0 Å². The lowest BCUT2D eigenvalue weighted by Gasteiger charge is -2.33. The molecule has 2 aromatic heterocycles. The van der Waals surface area contributed by atoms with Crippen LogP contribution in [0.2, 0.25) is 5.02 Å². The summed E-state index contributed by atoms with van der Waals surface area (Å²) < 4.78 is 34.9. The number of aromatic nitrogens is 3. The van der Waals surface area contributed by atoms with Gasteiger partial charge in [0, 0.05) is 37.8 Å². The third-order valence-electron chi connectivity index (χ3n) is 7.65. The number of halogens is 3. The van der Waals surface area contributed by atoms with Crippen LogP contribution < -0.4 is 10.6 Å². The topological polar surface area (TPSA) is 97.6 Å². The molecule has 1 aliphatic carbocycles. The first-order valence-corrected chi connectivity index (χ1v) is 13.7. The lowest BCUT2D eigenvalue weighted by atomic mass is 9.81. The third kappa shape index (κ3) is 6.66. The average Bonchev–Trinajstić information content (AvgIpc) is 3.31. The SMILES string of the molecule is C[C@@H]1CNC(=O)C(Cc2nn3cc([C@@H](NC(=O)OCc4ccccc4)C4CCC(F)(F)CC4)nc3cc2Cl)C1. The largest absolute Gasteiger partial charge is 0.445 e. The maximum absolute atomic E-state index is 13.9. The zero-order chi connectivity index (χ0) is 27.6. The van der Waals surface area contributed by atoms with Crippen LogP contribution >= 0.6 is 11.6 Å². The highest BCUT2D eigenvalue weighted by Crippen LogP contribution is 2.41. The van der Waals surface area contributed by atoms with Crippen molar-refractivity contribution >= 4 is 29.2 Å². The highest BCUT2D eigenvalue weighted by molar-refractivity contribution is 6.31. The molecule has 1 unspecified atom stereocenters. The Balaban J connectivity index is 1.37. The van der Waals surface area contributed by atoms with E-state index in [1.807, 2.05) is 30.3 Å². The van der Waals surface area contributed by atoms with Gasteiger partial charge < -0.3 is 15.4 Å². The average molecular weight is 560 g/mol. The first-order valence-electron chi connectivity index (χ1n) is 13.3. The van der Waals surface area contributed by atoms with Crippen LogP contribution in [0, 0.1) is 17.8 Å². The smallest absolute Gasteiger partial charge is 0.408 e. The van der Waals surface area contributed by atoms with Crippen molar-refractivity contribution in [3.8, 4) is 0 Å². The fourth-order valence-electron chi connectivity index (χ4n) is 5.47. The zero-order valence-corrected chi connectivity index (χ0v) is 22.5. The molecule has 0 spiro atoms. The molecule has 1 aliphatic heterocycles. The van der Waals surface area contributed by atoms with E-state index < -0.39 is 18.1 Å². The van der Waals surface area contributed by atoms with Gasteiger partial charge in [-0.2, -0.15) is 5.10 Å². The maximum atomic E-state index is 13.9. The lowest BCUT2D eigenvalue weighted by Crippen LogP contribution is -2.41. The zero-order valence-electron chi connectivity index (χ0n) is 21.7. The van der Waals surface area contributed by atoms with Gasteiger partial charge in [-0.15, -0.1) is 0 Å². The molecule has 208 valence electrons. The molecule has 0 bridgehead atoms. The van der Waals surface area contributed by atoms with Gasteiger partial charge >= 0.3 is 6.09 Å². The number of ether oxygens (including phenoxy) is 1. The van der Waals surface area contributed by atoms with Crippen LogP contribution in [0.5, 0.6) is 0 Å². The van der Waals surface area contributed by atoms with Crippen molar-refractivity contribution in [3.63, 3.8) is 0 Å². The predicted octanol–water partition coefficient (Wildman–Crippen LogP) is 5.49. The molecule has 2 amide bonds. The van der Waals surface area contributed by atoms with Crippen LogP contribution in [-0.4, -0.2) is 39.1 Å². The molecule has 2 N–H and O–H groups in total. The third-order valence-corrected chi connectivity index (χ3v) is 7.98. The van der Waals surface area contributed by atoms with E-state index in [-0.39, 0.29) is 50.0 Å². The van der Waals surface area contributed by atoms with Gasteiger partial charge in [-0.25, -0.2) is 23.1 Å². The summed E-state index contributed by atoms with van der Waals surface area (Å²) in [6.07, 6.45) is 2.15. The number of rotatable bonds is 7. The Morgan fingerprint density at radius 3 is 2.77 bits per heavy atom. The van der Waals surface area contributed by atoms with E-state index in [1.165, 1.54) is 0 Å². The highest BCUT2D eigenvalue weighted by atomic mass is 35.5. The molecule has 1 saturated heterocycles. The number of benzene rings is 1. The molecule has 8 nitrogen and oxygen atoms in total. The van der Waals surface area contributed by atoms with Gasteiger partial charge in [0.15, 0.2) is 5.65 Å². The number of nitrogens with zero attached hydrogens (tertiary/aromatic N) is 3. The number of imidazole rings is 1. The van der Waals surface area contributed by atoms with Crippen LogP contribution in [0.1, 0.15) is 62.0 Å². The molecular weight excluding hydrogens is 528 g/mol. The molecule has 2 aliphatic rings. The van der Waals surface area contributed by atoms with E-state index in [4.69, 9.17) is 16.3 Å². The van der Waals surface area contributed by atoms with E-state index in [9.17, 15) is 18.4 Å². The van der Waals surface area contributed by atoms with Gasteiger partial charge in [0.25, 0.3) is 0 Å². The van der Waals surface area contributed by atoms with Gasteiger partial charge in [0.2, 0.25) is 11.8 Å². The minimum atomic E-state index is -2.71. The van der Waals surface area contributed by atoms with E-state index in [2.05, 4.69) is 27.6 Å². The van der Waals surface area contributed by atoms with Crippen molar-refractivity contribution in [2.45, 2.75) is 64.0 Å². The van der Waals surface area contributed by atoms with E-state index >= 15 is 0 Å². The summed E-state index contributed by atoms with van der Waals surface area (Å²) in [5, 5.41) is 10.8. The Morgan fingerprint density at radius 1 is 1.28 bits per heavy atom. The second kappa shape index (κ2) is 11.5. The summed E-state index contributed by atoms with van der Waals surface area (Å²) in [6, 6.07) is 10.3. The monoisotopic (exact) mass is 559 g/mol. The first-order chi connectivity index (χ1) is 18.7. The molecule has 5 rings (SSSR count). The molecule has 2 fully saturated rings. The van der Waals surface area contributed by atoms with Crippen molar-refractivity contribution in [2.75, 3.05) is 6.54 Å².